The molecule has 0 aromatic heterocycles. The first-order valence-electron chi connectivity index (χ1n) is 8.16. The van der Waals surface area contributed by atoms with Gasteiger partial charge in [-0.3, -0.25) is 4.79 Å². The van der Waals surface area contributed by atoms with E-state index in [1.54, 1.807) is 6.07 Å². The van der Waals surface area contributed by atoms with Crippen LogP contribution >= 0.6 is 0 Å². The van der Waals surface area contributed by atoms with Crippen LogP contribution in [0, 0.1) is 5.41 Å². The molecule has 0 saturated carbocycles. The number of hydrogen-bond donors (Lipinski definition) is 0. The number of fused-ring (bicyclic) bond motifs is 1. The summed E-state index contributed by atoms with van der Waals surface area (Å²) < 4.78 is 5.38. The average molecular weight is 301 g/mol. The first kappa shape index (κ1) is 15.1. The lowest BCUT2D eigenvalue weighted by molar-refractivity contribution is -0.132. The third-order valence-corrected chi connectivity index (χ3v) is 5.43. The summed E-state index contributed by atoms with van der Waals surface area (Å²) in [5.74, 6) is -0.218. The van der Waals surface area contributed by atoms with Crippen molar-refractivity contribution >= 4 is 11.9 Å². The third-order valence-electron chi connectivity index (χ3n) is 5.43. The number of nitrogens with zero attached hydrogens (tertiary/aromatic N) is 1. The van der Waals surface area contributed by atoms with Crippen LogP contribution in [0.15, 0.2) is 24.3 Å². The number of carbonyl (C=O) groups is 2. The summed E-state index contributed by atoms with van der Waals surface area (Å²) >= 11 is 0. The van der Waals surface area contributed by atoms with E-state index in [1.165, 1.54) is 0 Å². The zero-order valence-electron chi connectivity index (χ0n) is 13.3. The second-order valence-corrected chi connectivity index (χ2v) is 6.46. The summed E-state index contributed by atoms with van der Waals surface area (Å²) in [5, 5.41) is 0. The van der Waals surface area contributed by atoms with Crippen LogP contribution in [-0.2, 0) is 9.53 Å². The van der Waals surface area contributed by atoms with Crippen molar-refractivity contribution in [3.8, 4) is 0 Å². The van der Waals surface area contributed by atoms with Crippen molar-refractivity contribution in [2.75, 3.05) is 13.1 Å². The second-order valence-electron chi connectivity index (χ2n) is 6.46. The number of amides is 1. The van der Waals surface area contributed by atoms with E-state index in [0.717, 1.165) is 37.9 Å². The maximum absolute atomic E-state index is 12.6. The molecule has 2 aliphatic rings. The normalized spacial score (nSPS) is 22.5. The smallest absolute Gasteiger partial charge is 0.339 e. The average Bonchev–Trinajstić information content (AvgIpc) is 3.11. The van der Waals surface area contributed by atoms with Crippen LogP contribution in [-0.4, -0.2) is 29.9 Å². The number of likely N-dealkylation sites (tertiary alicyclic amines) is 1. The molecule has 2 heterocycles. The standard InChI is InChI=1S/C18H23NO3/c1-3-18(4-2)9-10-19(12-18)16(20)11-15-13-7-5-6-8-14(13)17(21)22-15/h5-8,15H,3-4,9-12H2,1-2H3. The Labute approximate surface area is 131 Å². The zero-order chi connectivity index (χ0) is 15.7. The van der Waals surface area contributed by atoms with Gasteiger partial charge in [-0.15, -0.1) is 0 Å². The molecule has 1 fully saturated rings. The minimum Gasteiger partial charge on any atom is -0.453 e. The van der Waals surface area contributed by atoms with Crippen LogP contribution in [0.2, 0.25) is 0 Å². The third kappa shape index (κ3) is 2.51. The number of cyclic esters (lactones) is 1. The van der Waals surface area contributed by atoms with Crippen molar-refractivity contribution in [1.82, 2.24) is 4.90 Å². The van der Waals surface area contributed by atoms with Gasteiger partial charge in [-0.1, -0.05) is 32.0 Å². The molecule has 22 heavy (non-hydrogen) atoms. The lowest BCUT2D eigenvalue weighted by Crippen LogP contribution is -2.32. The first-order valence-corrected chi connectivity index (χ1v) is 8.16. The van der Waals surface area contributed by atoms with E-state index in [4.69, 9.17) is 4.74 Å². The molecular formula is C18H23NO3. The summed E-state index contributed by atoms with van der Waals surface area (Å²) in [6.45, 7) is 6.06. The van der Waals surface area contributed by atoms with E-state index in [-0.39, 0.29) is 23.7 Å². The SMILES string of the molecule is CCC1(CC)CCN(C(=O)CC2OC(=O)c3ccccc32)C1. The molecule has 1 atom stereocenters. The molecule has 4 nitrogen and oxygen atoms in total. The van der Waals surface area contributed by atoms with Gasteiger partial charge >= 0.3 is 5.97 Å². The molecule has 1 aromatic carbocycles. The van der Waals surface area contributed by atoms with Crippen molar-refractivity contribution in [2.45, 2.75) is 45.6 Å². The predicted molar refractivity (Wildman–Crippen MR) is 83.4 cm³/mol. The Morgan fingerprint density at radius 3 is 2.73 bits per heavy atom. The molecule has 0 aliphatic carbocycles. The van der Waals surface area contributed by atoms with E-state index in [1.807, 2.05) is 23.1 Å². The van der Waals surface area contributed by atoms with Gasteiger partial charge in [0, 0.05) is 18.7 Å². The largest absolute Gasteiger partial charge is 0.453 e. The van der Waals surface area contributed by atoms with Gasteiger partial charge in [0.25, 0.3) is 0 Å². The van der Waals surface area contributed by atoms with Crippen LogP contribution < -0.4 is 0 Å². The summed E-state index contributed by atoms with van der Waals surface area (Å²) in [5.41, 5.74) is 1.72. The topological polar surface area (TPSA) is 46.6 Å². The van der Waals surface area contributed by atoms with Crippen molar-refractivity contribution in [1.29, 1.82) is 0 Å². The van der Waals surface area contributed by atoms with Crippen LogP contribution in [0.4, 0.5) is 0 Å². The van der Waals surface area contributed by atoms with Gasteiger partial charge in [-0.05, 0) is 30.7 Å². The van der Waals surface area contributed by atoms with E-state index < -0.39 is 6.10 Å². The molecule has 0 spiro atoms. The molecule has 3 rings (SSSR count). The maximum Gasteiger partial charge on any atom is 0.339 e. The fourth-order valence-electron chi connectivity index (χ4n) is 3.63. The quantitative estimate of drug-likeness (QED) is 0.801. The van der Waals surface area contributed by atoms with Gasteiger partial charge in [0.2, 0.25) is 5.91 Å². The van der Waals surface area contributed by atoms with Crippen LogP contribution in [0.25, 0.3) is 0 Å². The molecule has 1 amide bonds. The first-order chi connectivity index (χ1) is 10.6. The molecule has 4 heteroatoms. The summed E-state index contributed by atoms with van der Waals surface area (Å²) in [4.78, 5) is 26.3. The van der Waals surface area contributed by atoms with Gasteiger partial charge in [-0.2, -0.15) is 0 Å². The second kappa shape index (κ2) is 5.75. The Balaban J connectivity index is 1.68. The van der Waals surface area contributed by atoms with Gasteiger partial charge in [0.15, 0.2) is 0 Å². The van der Waals surface area contributed by atoms with E-state index in [2.05, 4.69) is 13.8 Å². The molecule has 0 bridgehead atoms. The zero-order valence-corrected chi connectivity index (χ0v) is 13.3. The molecule has 118 valence electrons. The van der Waals surface area contributed by atoms with Gasteiger partial charge in [-0.25, -0.2) is 4.79 Å². The summed E-state index contributed by atoms with van der Waals surface area (Å²) in [7, 11) is 0. The lowest BCUT2D eigenvalue weighted by Gasteiger charge is -2.26. The number of rotatable bonds is 4. The van der Waals surface area contributed by atoms with Crippen molar-refractivity contribution in [3.63, 3.8) is 0 Å². The molecule has 2 aliphatic heterocycles. The Kier molecular flexibility index (Phi) is 3.94. The fourth-order valence-corrected chi connectivity index (χ4v) is 3.63. The van der Waals surface area contributed by atoms with Gasteiger partial charge in [0.05, 0.1) is 12.0 Å². The number of ether oxygens (including phenoxy) is 1. The molecule has 1 saturated heterocycles. The van der Waals surface area contributed by atoms with Crippen molar-refractivity contribution < 1.29 is 14.3 Å². The highest BCUT2D eigenvalue weighted by Crippen LogP contribution is 2.38. The van der Waals surface area contributed by atoms with E-state index in [9.17, 15) is 9.59 Å². The Morgan fingerprint density at radius 2 is 2.05 bits per heavy atom. The molecular weight excluding hydrogens is 278 g/mol. The predicted octanol–water partition coefficient (Wildman–Crippen LogP) is 3.33. The molecule has 0 N–H and O–H groups in total. The van der Waals surface area contributed by atoms with E-state index in [0.29, 0.717) is 5.56 Å². The number of benzene rings is 1. The molecule has 1 unspecified atom stereocenters. The Morgan fingerprint density at radius 1 is 1.32 bits per heavy atom. The van der Waals surface area contributed by atoms with Crippen molar-refractivity contribution in [2.24, 2.45) is 5.41 Å². The minimum absolute atomic E-state index is 0.0956. The summed E-state index contributed by atoms with van der Waals surface area (Å²) in [6, 6.07) is 7.34. The van der Waals surface area contributed by atoms with Crippen LogP contribution in [0.5, 0.6) is 0 Å². The maximum atomic E-state index is 12.6. The van der Waals surface area contributed by atoms with E-state index >= 15 is 0 Å². The number of carbonyl (C=O) groups excluding carboxylic acids is 2. The lowest BCUT2D eigenvalue weighted by atomic mass is 9.82. The van der Waals surface area contributed by atoms with Gasteiger partial charge < -0.3 is 9.64 Å². The number of esters is 1. The van der Waals surface area contributed by atoms with Crippen molar-refractivity contribution in [3.05, 3.63) is 35.4 Å². The monoisotopic (exact) mass is 301 g/mol. The highest BCUT2D eigenvalue weighted by atomic mass is 16.5. The van der Waals surface area contributed by atoms with Crippen LogP contribution in [0.3, 0.4) is 0 Å². The highest BCUT2D eigenvalue weighted by Gasteiger charge is 2.39. The molecule has 0 radical (unpaired) electrons. The highest BCUT2D eigenvalue weighted by molar-refractivity contribution is 5.94. The number of hydrogen-bond acceptors (Lipinski definition) is 3. The minimum atomic E-state index is -0.422. The van der Waals surface area contributed by atoms with Gasteiger partial charge in [0.1, 0.15) is 6.10 Å². The molecule has 1 aromatic rings. The fraction of sp³-hybridized carbons (Fsp3) is 0.556. The summed E-state index contributed by atoms with van der Waals surface area (Å²) in [6.07, 6.45) is 3.12. The Bertz CT molecular complexity index is 592. The Hall–Kier alpha value is -1.84. The van der Waals surface area contributed by atoms with Crippen LogP contribution in [0.1, 0.15) is 61.6 Å².